The average molecular weight is 251 g/mol. The lowest BCUT2D eigenvalue weighted by Crippen LogP contribution is -2.35. The van der Waals surface area contributed by atoms with E-state index in [1.165, 1.54) is 30.6 Å². The van der Waals surface area contributed by atoms with Gasteiger partial charge >= 0.3 is 0 Å². The summed E-state index contributed by atoms with van der Waals surface area (Å²) in [6.07, 6.45) is 6.54. The summed E-state index contributed by atoms with van der Waals surface area (Å²) in [6.45, 7) is 4.72. The third-order valence-electron chi connectivity index (χ3n) is 4.38. The molecular weight excluding hydrogens is 226 g/mol. The van der Waals surface area contributed by atoms with Crippen LogP contribution in [0.2, 0.25) is 0 Å². The van der Waals surface area contributed by atoms with Crippen LogP contribution in [0.5, 0.6) is 0 Å². The molecule has 0 aliphatic heterocycles. The third-order valence-corrected chi connectivity index (χ3v) is 5.28. The summed E-state index contributed by atoms with van der Waals surface area (Å²) in [7, 11) is 0. The summed E-state index contributed by atoms with van der Waals surface area (Å²) >= 11 is 1.84. The second-order valence-corrected chi connectivity index (χ2v) is 6.90. The molecule has 0 bridgehead atoms. The van der Waals surface area contributed by atoms with Gasteiger partial charge in [-0.15, -0.1) is 11.3 Å². The summed E-state index contributed by atoms with van der Waals surface area (Å²) in [6, 6.07) is 4.72. The molecule has 2 rings (SSSR count). The molecule has 1 aromatic heterocycles. The van der Waals surface area contributed by atoms with E-state index in [2.05, 4.69) is 31.4 Å². The molecule has 0 amide bonds. The average Bonchev–Trinajstić information content (AvgIpc) is 2.82. The van der Waals surface area contributed by atoms with E-state index in [1.807, 2.05) is 11.3 Å². The van der Waals surface area contributed by atoms with Crippen LogP contribution in [-0.2, 0) is 6.42 Å². The Morgan fingerprint density at radius 2 is 1.88 bits per heavy atom. The molecule has 1 nitrogen and oxygen atoms in total. The van der Waals surface area contributed by atoms with Gasteiger partial charge in [0.05, 0.1) is 0 Å². The highest BCUT2D eigenvalue weighted by molar-refractivity contribution is 7.09. The Hall–Kier alpha value is -0.340. The predicted octanol–water partition coefficient (Wildman–Crippen LogP) is 4.08. The summed E-state index contributed by atoms with van der Waals surface area (Å²) < 4.78 is 0. The van der Waals surface area contributed by atoms with Gasteiger partial charge < -0.3 is 5.73 Å². The Kier molecular flexibility index (Phi) is 4.63. The Balaban J connectivity index is 1.80. The zero-order valence-electron chi connectivity index (χ0n) is 11.1. The van der Waals surface area contributed by atoms with Crippen LogP contribution >= 0.6 is 11.3 Å². The lowest BCUT2D eigenvalue weighted by atomic mass is 9.74. The first-order valence-electron chi connectivity index (χ1n) is 6.94. The molecule has 0 radical (unpaired) electrons. The molecule has 1 saturated carbocycles. The van der Waals surface area contributed by atoms with E-state index in [4.69, 9.17) is 5.73 Å². The quantitative estimate of drug-likeness (QED) is 0.857. The van der Waals surface area contributed by atoms with Crippen molar-refractivity contribution in [3.63, 3.8) is 0 Å². The van der Waals surface area contributed by atoms with Crippen molar-refractivity contribution in [3.05, 3.63) is 22.4 Å². The Labute approximate surface area is 109 Å². The van der Waals surface area contributed by atoms with Crippen molar-refractivity contribution in [1.82, 2.24) is 0 Å². The second-order valence-electron chi connectivity index (χ2n) is 5.87. The summed E-state index contributed by atoms with van der Waals surface area (Å²) in [5.41, 5.74) is 6.37. The molecule has 2 heteroatoms. The Bertz CT molecular complexity index is 310. The van der Waals surface area contributed by atoms with Crippen LogP contribution in [0.15, 0.2) is 17.5 Å². The highest BCUT2D eigenvalue weighted by Crippen LogP contribution is 2.35. The van der Waals surface area contributed by atoms with Gasteiger partial charge in [-0.25, -0.2) is 0 Å². The third kappa shape index (κ3) is 3.56. The smallest absolute Gasteiger partial charge is 0.0116 e. The van der Waals surface area contributed by atoms with Crippen LogP contribution in [0, 0.1) is 17.8 Å². The molecule has 1 atom stereocenters. The molecule has 0 aromatic carbocycles. The van der Waals surface area contributed by atoms with E-state index in [0.717, 1.165) is 24.2 Å². The van der Waals surface area contributed by atoms with E-state index in [-0.39, 0.29) is 0 Å². The van der Waals surface area contributed by atoms with Crippen molar-refractivity contribution < 1.29 is 0 Å². The zero-order valence-corrected chi connectivity index (χ0v) is 11.9. The van der Waals surface area contributed by atoms with E-state index >= 15 is 0 Å². The Morgan fingerprint density at radius 1 is 1.24 bits per heavy atom. The minimum absolute atomic E-state index is 0.377. The SMILES string of the molecule is CC(C)C1CCC(C(N)Cc2cccs2)CC1. The lowest BCUT2D eigenvalue weighted by molar-refractivity contribution is 0.203. The Morgan fingerprint density at radius 3 is 2.41 bits per heavy atom. The van der Waals surface area contributed by atoms with E-state index in [0.29, 0.717) is 6.04 Å². The molecule has 2 N–H and O–H groups in total. The standard InChI is InChI=1S/C15H25NS/c1-11(2)12-5-7-13(8-6-12)15(16)10-14-4-3-9-17-14/h3-4,9,11-13,15H,5-8,10,16H2,1-2H3. The molecule has 17 heavy (non-hydrogen) atoms. The minimum Gasteiger partial charge on any atom is -0.327 e. The van der Waals surface area contributed by atoms with Gasteiger partial charge in [0.15, 0.2) is 0 Å². The highest BCUT2D eigenvalue weighted by atomic mass is 32.1. The van der Waals surface area contributed by atoms with Gasteiger partial charge in [-0.1, -0.05) is 19.9 Å². The molecule has 96 valence electrons. The van der Waals surface area contributed by atoms with Crippen LogP contribution in [0.1, 0.15) is 44.4 Å². The van der Waals surface area contributed by atoms with Crippen LogP contribution in [0.4, 0.5) is 0 Å². The second kappa shape index (κ2) is 6.01. The number of hydrogen-bond acceptors (Lipinski definition) is 2. The molecule has 1 aliphatic rings. The minimum atomic E-state index is 0.377. The van der Waals surface area contributed by atoms with E-state index in [1.54, 1.807) is 0 Å². The maximum absolute atomic E-state index is 6.37. The number of rotatable bonds is 4. The van der Waals surface area contributed by atoms with Gasteiger partial charge in [0.1, 0.15) is 0 Å². The fourth-order valence-electron chi connectivity index (χ4n) is 3.07. The lowest BCUT2D eigenvalue weighted by Gasteiger charge is -2.33. The van der Waals surface area contributed by atoms with Gasteiger partial charge in [0.2, 0.25) is 0 Å². The fourth-order valence-corrected chi connectivity index (χ4v) is 3.85. The molecule has 1 aliphatic carbocycles. The van der Waals surface area contributed by atoms with Crippen LogP contribution in [-0.4, -0.2) is 6.04 Å². The summed E-state index contributed by atoms with van der Waals surface area (Å²) in [5, 5.41) is 2.15. The molecular formula is C15H25NS. The molecule has 0 spiro atoms. The van der Waals surface area contributed by atoms with Crippen molar-refractivity contribution in [1.29, 1.82) is 0 Å². The zero-order chi connectivity index (χ0) is 12.3. The predicted molar refractivity (Wildman–Crippen MR) is 76.3 cm³/mol. The summed E-state index contributed by atoms with van der Waals surface area (Å²) in [4.78, 5) is 1.45. The maximum Gasteiger partial charge on any atom is 0.0116 e. The van der Waals surface area contributed by atoms with Gasteiger partial charge in [-0.2, -0.15) is 0 Å². The van der Waals surface area contributed by atoms with E-state index < -0.39 is 0 Å². The van der Waals surface area contributed by atoms with Crippen LogP contribution in [0.25, 0.3) is 0 Å². The fraction of sp³-hybridized carbons (Fsp3) is 0.733. The molecule has 1 unspecified atom stereocenters. The van der Waals surface area contributed by atoms with Gasteiger partial charge in [-0.3, -0.25) is 0 Å². The summed E-state index contributed by atoms with van der Waals surface area (Å²) in [5.74, 6) is 2.55. The largest absolute Gasteiger partial charge is 0.327 e. The van der Waals surface area contributed by atoms with Gasteiger partial charge in [0.25, 0.3) is 0 Å². The first kappa shape index (κ1) is 13.1. The van der Waals surface area contributed by atoms with Crippen LogP contribution < -0.4 is 5.73 Å². The van der Waals surface area contributed by atoms with Crippen molar-refractivity contribution in [2.24, 2.45) is 23.5 Å². The molecule has 1 aromatic rings. The van der Waals surface area contributed by atoms with Crippen molar-refractivity contribution in [2.45, 2.75) is 52.0 Å². The van der Waals surface area contributed by atoms with Crippen molar-refractivity contribution >= 4 is 11.3 Å². The molecule has 1 fully saturated rings. The van der Waals surface area contributed by atoms with E-state index in [9.17, 15) is 0 Å². The van der Waals surface area contributed by atoms with Gasteiger partial charge in [-0.05, 0) is 61.3 Å². The van der Waals surface area contributed by atoms with Crippen LogP contribution in [0.3, 0.4) is 0 Å². The maximum atomic E-state index is 6.37. The normalized spacial score (nSPS) is 27.3. The van der Waals surface area contributed by atoms with Crippen molar-refractivity contribution in [3.8, 4) is 0 Å². The van der Waals surface area contributed by atoms with Crippen molar-refractivity contribution in [2.75, 3.05) is 0 Å². The highest BCUT2D eigenvalue weighted by Gasteiger charge is 2.27. The van der Waals surface area contributed by atoms with Gasteiger partial charge in [0, 0.05) is 10.9 Å². The first-order valence-corrected chi connectivity index (χ1v) is 7.82. The number of thiophene rings is 1. The molecule has 1 heterocycles. The first-order chi connectivity index (χ1) is 8.16. The topological polar surface area (TPSA) is 26.0 Å². The number of hydrogen-bond donors (Lipinski definition) is 1. The molecule has 0 saturated heterocycles. The number of nitrogens with two attached hydrogens (primary N) is 1. The monoisotopic (exact) mass is 251 g/mol.